The van der Waals surface area contributed by atoms with Crippen LogP contribution in [0.25, 0.3) is 0 Å². The molecule has 0 saturated carbocycles. The number of nitrogens with two attached hydrogens (primary N) is 1. The predicted octanol–water partition coefficient (Wildman–Crippen LogP) is 1.68. The Morgan fingerprint density at radius 3 is 2.67 bits per heavy atom. The van der Waals surface area contributed by atoms with Crippen LogP contribution < -0.4 is 5.73 Å². The minimum atomic E-state index is -2.84. The van der Waals surface area contributed by atoms with Crippen LogP contribution in [0.15, 0.2) is 6.07 Å². The van der Waals surface area contributed by atoms with Gasteiger partial charge in [-0.3, -0.25) is 0 Å². The van der Waals surface area contributed by atoms with Crippen molar-refractivity contribution in [2.75, 3.05) is 0 Å². The highest BCUT2D eigenvalue weighted by Gasteiger charge is 2.18. The molecular formula is C9H8F3N3. The van der Waals surface area contributed by atoms with Crippen LogP contribution in [0.1, 0.15) is 23.2 Å². The van der Waals surface area contributed by atoms with Gasteiger partial charge in [-0.1, -0.05) is 0 Å². The zero-order valence-electron chi connectivity index (χ0n) is 7.67. The molecule has 0 radical (unpaired) electrons. The summed E-state index contributed by atoms with van der Waals surface area (Å²) in [5, 5.41) is 8.36. The van der Waals surface area contributed by atoms with Crippen molar-refractivity contribution in [2.24, 2.45) is 5.73 Å². The van der Waals surface area contributed by atoms with Crippen LogP contribution in [0.3, 0.4) is 0 Å². The van der Waals surface area contributed by atoms with Crippen LogP contribution >= 0.6 is 0 Å². The first-order chi connectivity index (χ1) is 7.10. The van der Waals surface area contributed by atoms with Crippen LogP contribution in [0, 0.1) is 17.3 Å². The molecular weight excluding hydrogens is 207 g/mol. The summed E-state index contributed by atoms with van der Waals surface area (Å²) in [5.41, 5.74) is 4.35. The fraction of sp³-hybridized carbons (Fsp3) is 0.333. The van der Waals surface area contributed by atoms with Crippen LogP contribution in [0.5, 0.6) is 0 Å². The molecule has 3 nitrogen and oxygen atoms in total. The van der Waals surface area contributed by atoms with E-state index in [-0.39, 0.29) is 17.8 Å². The molecule has 0 saturated heterocycles. The topological polar surface area (TPSA) is 62.7 Å². The average molecular weight is 215 g/mol. The van der Waals surface area contributed by atoms with Gasteiger partial charge in [-0.2, -0.15) is 9.65 Å². The summed E-state index contributed by atoms with van der Waals surface area (Å²) < 4.78 is 38.2. The smallest absolute Gasteiger partial charge is 0.264 e. The van der Waals surface area contributed by atoms with E-state index in [1.807, 2.05) is 0 Å². The maximum absolute atomic E-state index is 13.2. The Morgan fingerprint density at radius 1 is 1.53 bits per heavy atom. The lowest BCUT2D eigenvalue weighted by Gasteiger charge is -2.08. The fourth-order valence-corrected chi connectivity index (χ4v) is 1.16. The molecule has 0 amide bonds. The van der Waals surface area contributed by atoms with Crippen LogP contribution in [-0.2, 0) is 13.0 Å². The molecule has 1 aromatic heterocycles. The number of hydrogen-bond donors (Lipinski definition) is 1. The molecule has 0 spiro atoms. The minimum absolute atomic E-state index is 0.0458. The molecule has 0 aliphatic carbocycles. The first-order valence-electron chi connectivity index (χ1n) is 4.13. The molecule has 0 atom stereocenters. The molecule has 0 fully saturated rings. The van der Waals surface area contributed by atoms with E-state index in [0.29, 0.717) is 0 Å². The van der Waals surface area contributed by atoms with E-state index >= 15 is 0 Å². The Kier molecular flexibility index (Phi) is 3.63. The highest BCUT2D eigenvalue weighted by molar-refractivity contribution is 5.31. The summed E-state index contributed by atoms with van der Waals surface area (Å²) in [6.07, 6.45) is -3.26. The van der Waals surface area contributed by atoms with E-state index in [1.54, 1.807) is 6.07 Å². The lowest BCUT2D eigenvalue weighted by atomic mass is 10.1. The SMILES string of the molecule is N#CCc1c(C(F)F)cc(CN)nc1F. The molecule has 1 heterocycles. The normalized spacial score (nSPS) is 10.4. The third-order valence-electron chi connectivity index (χ3n) is 1.86. The van der Waals surface area contributed by atoms with Crippen molar-refractivity contribution in [1.82, 2.24) is 4.98 Å². The number of nitriles is 1. The quantitative estimate of drug-likeness (QED) is 0.780. The highest BCUT2D eigenvalue weighted by Crippen LogP contribution is 2.25. The van der Waals surface area contributed by atoms with Gasteiger partial charge in [0.15, 0.2) is 0 Å². The van der Waals surface area contributed by atoms with Crippen molar-refractivity contribution in [2.45, 2.75) is 19.4 Å². The van der Waals surface area contributed by atoms with Gasteiger partial charge >= 0.3 is 0 Å². The summed E-state index contributed by atoms with van der Waals surface area (Å²) >= 11 is 0. The highest BCUT2D eigenvalue weighted by atomic mass is 19.3. The molecule has 0 unspecified atom stereocenters. The monoisotopic (exact) mass is 215 g/mol. The van der Waals surface area contributed by atoms with Gasteiger partial charge in [-0.25, -0.2) is 13.8 Å². The van der Waals surface area contributed by atoms with Gasteiger partial charge in [0.05, 0.1) is 18.2 Å². The van der Waals surface area contributed by atoms with Crippen LogP contribution in [0.2, 0.25) is 0 Å². The first-order valence-corrected chi connectivity index (χ1v) is 4.13. The van der Waals surface area contributed by atoms with Crippen molar-refractivity contribution in [3.63, 3.8) is 0 Å². The Bertz CT molecular complexity index is 398. The number of pyridine rings is 1. The maximum atomic E-state index is 13.2. The van der Waals surface area contributed by atoms with Crippen LogP contribution in [0.4, 0.5) is 13.2 Å². The molecule has 80 valence electrons. The van der Waals surface area contributed by atoms with E-state index in [4.69, 9.17) is 11.0 Å². The van der Waals surface area contributed by atoms with Crippen molar-refractivity contribution in [3.05, 3.63) is 28.8 Å². The third-order valence-corrected chi connectivity index (χ3v) is 1.86. The first kappa shape index (κ1) is 11.5. The van der Waals surface area contributed by atoms with Crippen molar-refractivity contribution >= 4 is 0 Å². The van der Waals surface area contributed by atoms with Gasteiger partial charge in [0.25, 0.3) is 6.43 Å². The molecule has 2 N–H and O–H groups in total. The van der Waals surface area contributed by atoms with Crippen molar-refractivity contribution < 1.29 is 13.2 Å². The second kappa shape index (κ2) is 4.75. The molecule has 0 aliphatic rings. The molecule has 15 heavy (non-hydrogen) atoms. The Morgan fingerprint density at radius 2 is 2.20 bits per heavy atom. The zero-order valence-corrected chi connectivity index (χ0v) is 7.67. The third kappa shape index (κ3) is 2.44. The summed E-state index contributed by atoms with van der Waals surface area (Å²) in [5.74, 6) is -1.05. The molecule has 0 aromatic carbocycles. The Labute approximate surface area is 84.3 Å². The largest absolute Gasteiger partial charge is 0.325 e. The predicted molar refractivity (Wildman–Crippen MR) is 46.4 cm³/mol. The van der Waals surface area contributed by atoms with E-state index in [1.165, 1.54) is 0 Å². The van der Waals surface area contributed by atoms with Gasteiger partial charge in [0, 0.05) is 17.7 Å². The second-order valence-corrected chi connectivity index (χ2v) is 2.81. The number of halogens is 3. The van der Waals surface area contributed by atoms with Crippen molar-refractivity contribution in [3.8, 4) is 6.07 Å². The number of nitrogens with zero attached hydrogens (tertiary/aromatic N) is 2. The lowest BCUT2D eigenvalue weighted by Crippen LogP contribution is -2.07. The number of hydrogen-bond acceptors (Lipinski definition) is 3. The minimum Gasteiger partial charge on any atom is -0.325 e. The summed E-state index contributed by atoms with van der Waals surface area (Å²) in [6.45, 7) is -0.122. The van der Waals surface area contributed by atoms with Gasteiger partial charge in [0.1, 0.15) is 0 Å². The average Bonchev–Trinajstić information content (AvgIpc) is 2.20. The van der Waals surface area contributed by atoms with Crippen LogP contribution in [-0.4, -0.2) is 4.98 Å². The van der Waals surface area contributed by atoms with E-state index in [2.05, 4.69) is 4.98 Å². The Balaban J connectivity index is 3.30. The van der Waals surface area contributed by atoms with E-state index in [0.717, 1.165) is 6.07 Å². The summed E-state index contributed by atoms with van der Waals surface area (Å²) in [7, 11) is 0. The number of rotatable bonds is 3. The van der Waals surface area contributed by atoms with Gasteiger partial charge in [-0.15, -0.1) is 0 Å². The van der Waals surface area contributed by atoms with Gasteiger partial charge in [0.2, 0.25) is 5.95 Å². The molecule has 0 bridgehead atoms. The molecule has 1 aromatic rings. The summed E-state index contributed by atoms with van der Waals surface area (Å²) in [6, 6.07) is 2.64. The molecule has 0 aliphatic heterocycles. The standard InChI is InChI=1S/C9H8F3N3/c10-8(11)7-3-5(4-14)15-9(12)6(7)1-2-13/h3,8H,1,4,14H2. The number of aromatic nitrogens is 1. The molecule has 1 rings (SSSR count). The molecule has 6 heteroatoms. The maximum Gasteiger partial charge on any atom is 0.264 e. The fourth-order valence-electron chi connectivity index (χ4n) is 1.16. The second-order valence-electron chi connectivity index (χ2n) is 2.81. The summed E-state index contributed by atoms with van der Waals surface area (Å²) in [4.78, 5) is 3.38. The van der Waals surface area contributed by atoms with Gasteiger partial charge < -0.3 is 5.73 Å². The lowest BCUT2D eigenvalue weighted by molar-refractivity contribution is 0.149. The van der Waals surface area contributed by atoms with E-state index < -0.39 is 24.4 Å². The zero-order chi connectivity index (χ0) is 11.4. The Hall–Kier alpha value is -1.61. The van der Waals surface area contributed by atoms with E-state index in [9.17, 15) is 13.2 Å². The van der Waals surface area contributed by atoms with Gasteiger partial charge in [-0.05, 0) is 6.07 Å². The number of alkyl halides is 2. The van der Waals surface area contributed by atoms with Crippen molar-refractivity contribution in [1.29, 1.82) is 5.26 Å².